The summed E-state index contributed by atoms with van der Waals surface area (Å²) in [7, 11) is 0. The Morgan fingerprint density at radius 3 is 2.26 bits per heavy atom. The predicted molar refractivity (Wildman–Crippen MR) is 77.9 cm³/mol. The lowest BCUT2D eigenvalue weighted by Gasteiger charge is -2.13. The van der Waals surface area contributed by atoms with E-state index in [0.717, 1.165) is 5.56 Å². The van der Waals surface area contributed by atoms with E-state index in [1.807, 2.05) is 18.2 Å². The highest BCUT2D eigenvalue weighted by atomic mass is 19.1. The number of hydrogen-bond donors (Lipinski definition) is 0. The summed E-state index contributed by atoms with van der Waals surface area (Å²) in [4.78, 5) is 0. The number of benzene rings is 3. The van der Waals surface area contributed by atoms with Gasteiger partial charge in [0.25, 0.3) is 0 Å². The minimum atomic E-state index is -0.176. The monoisotopic (exact) mass is 250 g/mol. The van der Waals surface area contributed by atoms with E-state index < -0.39 is 0 Å². The first-order valence-corrected chi connectivity index (χ1v) is 6.48. The van der Waals surface area contributed by atoms with Crippen LogP contribution < -0.4 is 0 Å². The largest absolute Gasteiger partial charge is 0.207 e. The highest BCUT2D eigenvalue weighted by molar-refractivity contribution is 5.83. The van der Waals surface area contributed by atoms with E-state index in [-0.39, 0.29) is 11.7 Å². The minimum absolute atomic E-state index is 0.176. The lowest BCUT2D eigenvalue weighted by molar-refractivity contribution is 0.624. The predicted octanol–water partition coefficient (Wildman–Crippen LogP) is 5.13. The van der Waals surface area contributed by atoms with Crippen molar-refractivity contribution in [3.8, 4) is 0 Å². The first-order valence-electron chi connectivity index (χ1n) is 6.48. The molecule has 3 aromatic carbocycles. The van der Waals surface area contributed by atoms with Gasteiger partial charge in [0.15, 0.2) is 0 Å². The van der Waals surface area contributed by atoms with Crippen molar-refractivity contribution in [1.29, 1.82) is 0 Å². The molecule has 0 aliphatic rings. The SMILES string of the molecule is CC(c1cccc(F)c1)c1ccc2ccccc2c1. The average Bonchev–Trinajstić information content (AvgIpc) is 2.46. The van der Waals surface area contributed by atoms with Crippen LogP contribution in [0.3, 0.4) is 0 Å². The standard InChI is InChI=1S/C18H15F/c1-13(15-7-4-8-18(19)12-15)16-10-9-14-5-2-3-6-17(14)11-16/h2-13H,1H3. The van der Waals surface area contributed by atoms with E-state index >= 15 is 0 Å². The zero-order valence-electron chi connectivity index (χ0n) is 10.8. The molecule has 0 aromatic heterocycles. The lowest BCUT2D eigenvalue weighted by Crippen LogP contribution is -1.96. The Labute approximate surface area is 112 Å². The zero-order valence-corrected chi connectivity index (χ0v) is 10.8. The number of hydrogen-bond acceptors (Lipinski definition) is 0. The maximum Gasteiger partial charge on any atom is 0.123 e. The van der Waals surface area contributed by atoms with Gasteiger partial charge in [0, 0.05) is 5.92 Å². The van der Waals surface area contributed by atoms with Crippen molar-refractivity contribution in [3.63, 3.8) is 0 Å². The molecule has 0 fully saturated rings. The molecule has 0 saturated carbocycles. The van der Waals surface area contributed by atoms with Crippen molar-refractivity contribution in [2.45, 2.75) is 12.8 Å². The van der Waals surface area contributed by atoms with Gasteiger partial charge in [-0.3, -0.25) is 0 Å². The Morgan fingerprint density at radius 2 is 1.47 bits per heavy atom. The molecule has 94 valence electrons. The molecule has 3 aromatic rings. The molecule has 0 aliphatic heterocycles. The number of halogens is 1. The lowest BCUT2D eigenvalue weighted by atomic mass is 9.91. The molecule has 0 N–H and O–H groups in total. The van der Waals surface area contributed by atoms with Crippen molar-refractivity contribution in [2.75, 3.05) is 0 Å². The van der Waals surface area contributed by atoms with Crippen LogP contribution in [0.2, 0.25) is 0 Å². The molecule has 3 rings (SSSR count). The van der Waals surface area contributed by atoms with Crippen LogP contribution in [0.1, 0.15) is 24.0 Å². The summed E-state index contributed by atoms with van der Waals surface area (Å²) in [6, 6.07) is 21.6. The van der Waals surface area contributed by atoms with Crippen LogP contribution in [-0.2, 0) is 0 Å². The molecular formula is C18H15F. The Bertz CT molecular complexity index is 715. The topological polar surface area (TPSA) is 0 Å². The van der Waals surface area contributed by atoms with Gasteiger partial charge in [-0.2, -0.15) is 0 Å². The van der Waals surface area contributed by atoms with E-state index in [0.29, 0.717) is 0 Å². The van der Waals surface area contributed by atoms with Gasteiger partial charge < -0.3 is 0 Å². The summed E-state index contributed by atoms with van der Waals surface area (Å²) in [5, 5.41) is 2.46. The zero-order chi connectivity index (χ0) is 13.2. The normalized spacial score (nSPS) is 12.5. The Kier molecular flexibility index (Phi) is 3.04. The first-order chi connectivity index (χ1) is 9.24. The van der Waals surface area contributed by atoms with Gasteiger partial charge >= 0.3 is 0 Å². The first kappa shape index (κ1) is 11.9. The minimum Gasteiger partial charge on any atom is -0.207 e. The molecule has 19 heavy (non-hydrogen) atoms. The van der Waals surface area contributed by atoms with Gasteiger partial charge in [-0.15, -0.1) is 0 Å². The van der Waals surface area contributed by atoms with E-state index in [1.165, 1.54) is 22.4 Å². The quantitative estimate of drug-likeness (QED) is 0.591. The molecule has 0 nitrogen and oxygen atoms in total. The van der Waals surface area contributed by atoms with Gasteiger partial charge in [-0.1, -0.05) is 61.5 Å². The summed E-state index contributed by atoms with van der Waals surface area (Å²) in [6.45, 7) is 2.11. The number of rotatable bonds is 2. The third kappa shape index (κ3) is 2.37. The van der Waals surface area contributed by atoms with Crippen molar-refractivity contribution in [3.05, 3.63) is 83.7 Å². The van der Waals surface area contributed by atoms with Gasteiger partial charge in [0.1, 0.15) is 5.82 Å². The molecule has 1 atom stereocenters. The molecule has 1 heteroatoms. The highest BCUT2D eigenvalue weighted by Gasteiger charge is 2.09. The van der Waals surface area contributed by atoms with Gasteiger partial charge in [-0.25, -0.2) is 4.39 Å². The van der Waals surface area contributed by atoms with Crippen molar-refractivity contribution in [1.82, 2.24) is 0 Å². The maximum absolute atomic E-state index is 13.3. The summed E-state index contributed by atoms with van der Waals surface area (Å²) < 4.78 is 13.3. The van der Waals surface area contributed by atoms with Crippen LogP contribution in [0.25, 0.3) is 10.8 Å². The fraction of sp³-hybridized carbons (Fsp3) is 0.111. The van der Waals surface area contributed by atoms with E-state index in [4.69, 9.17) is 0 Å². The number of fused-ring (bicyclic) bond motifs is 1. The van der Waals surface area contributed by atoms with E-state index in [2.05, 4.69) is 37.3 Å². The maximum atomic E-state index is 13.3. The molecule has 0 aliphatic carbocycles. The molecule has 0 saturated heterocycles. The van der Waals surface area contributed by atoms with Crippen molar-refractivity contribution in [2.24, 2.45) is 0 Å². The summed E-state index contributed by atoms with van der Waals surface area (Å²) >= 11 is 0. The second-order valence-electron chi connectivity index (χ2n) is 4.88. The second-order valence-corrected chi connectivity index (χ2v) is 4.88. The van der Waals surface area contributed by atoms with Crippen LogP contribution in [0.5, 0.6) is 0 Å². The van der Waals surface area contributed by atoms with E-state index in [9.17, 15) is 4.39 Å². The Hall–Kier alpha value is -2.15. The highest BCUT2D eigenvalue weighted by Crippen LogP contribution is 2.27. The smallest absolute Gasteiger partial charge is 0.123 e. The van der Waals surface area contributed by atoms with Crippen LogP contribution >= 0.6 is 0 Å². The fourth-order valence-corrected chi connectivity index (χ4v) is 2.45. The molecule has 0 radical (unpaired) electrons. The van der Waals surface area contributed by atoms with Crippen LogP contribution in [0.4, 0.5) is 4.39 Å². The van der Waals surface area contributed by atoms with Gasteiger partial charge in [-0.05, 0) is 34.0 Å². The molecule has 0 bridgehead atoms. The van der Waals surface area contributed by atoms with E-state index in [1.54, 1.807) is 12.1 Å². The summed E-state index contributed by atoms with van der Waals surface area (Å²) in [5.74, 6) is 0.0189. The molecule has 0 spiro atoms. The van der Waals surface area contributed by atoms with Crippen LogP contribution in [0.15, 0.2) is 66.7 Å². The van der Waals surface area contributed by atoms with Crippen LogP contribution in [0, 0.1) is 5.82 Å². The summed E-state index contributed by atoms with van der Waals surface area (Å²) in [6.07, 6.45) is 0. The Balaban J connectivity index is 2.04. The van der Waals surface area contributed by atoms with Crippen molar-refractivity contribution < 1.29 is 4.39 Å². The fourth-order valence-electron chi connectivity index (χ4n) is 2.45. The Morgan fingerprint density at radius 1 is 0.737 bits per heavy atom. The van der Waals surface area contributed by atoms with Gasteiger partial charge in [0.05, 0.1) is 0 Å². The third-order valence-electron chi connectivity index (χ3n) is 3.62. The van der Waals surface area contributed by atoms with Crippen LogP contribution in [-0.4, -0.2) is 0 Å². The van der Waals surface area contributed by atoms with Gasteiger partial charge in [0.2, 0.25) is 0 Å². The molecule has 0 heterocycles. The average molecular weight is 250 g/mol. The molecule has 0 amide bonds. The third-order valence-corrected chi connectivity index (χ3v) is 3.62. The summed E-state index contributed by atoms with van der Waals surface area (Å²) in [5.41, 5.74) is 2.22. The molecular weight excluding hydrogens is 235 g/mol. The van der Waals surface area contributed by atoms with Crippen molar-refractivity contribution >= 4 is 10.8 Å². The second kappa shape index (κ2) is 4.85. The molecule has 1 unspecified atom stereocenters.